The number of rotatable bonds is 5. The third kappa shape index (κ3) is 2.95. The number of hydrogen-bond acceptors (Lipinski definition) is 5. The predicted molar refractivity (Wildman–Crippen MR) is 84.0 cm³/mol. The van der Waals surface area contributed by atoms with E-state index in [4.69, 9.17) is 9.72 Å². The van der Waals surface area contributed by atoms with Crippen molar-refractivity contribution < 1.29 is 4.74 Å². The van der Waals surface area contributed by atoms with Crippen molar-refractivity contribution in [2.45, 2.75) is 32.2 Å². The van der Waals surface area contributed by atoms with Gasteiger partial charge in [-0.25, -0.2) is 9.97 Å². The molecule has 1 aliphatic heterocycles. The Hall–Kier alpha value is -1.82. The molecule has 1 N–H and O–H groups in total. The number of hydrogen-bond donors (Lipinski definition) is 1. The van der Waals surface area contributed by atoms with Crippen molar-refractivity contribution in [1.29, 1.82) is 0 Å². The van der Waals surface area contributed by atoms with Gasteiger partial charge in [0.05, 0.1) is 6.20 Å². The lowest BCUT2D eigenvalue weighted by Gasteiger charge is -2.32. The predicted octanol–water partition coefficient (Wildman–Crippen LogP) is 2.17. The van der Waals surface area contributed by atoms with Gasteiger partial charge in [-0.3, -0.25) is 0 Å². The van der Waals surface area contributed by atoms with Gasteiger partial charge in [-0.15, -0.1) is 0 Å². The summed E-state index contributed by atoms with van der Waals surface area (Å²) in [5.74, 6) is 1.84. The van der Waals surface area contributed by atoms with E-state index in [9.17, 15) is 0 Å². The fourth-order valence-corrected chi connectivity index (χ4v) is 2.74. The maximum atomic E-state index is 5.45. The topological polar surface area (TPSA) is 54.7 Å². The lowest BCUT2D eigenvalue weighted by molar-refractivity contribution is 0.0854. The van der Waals surface area contributed by atoms with E-state index in [1.807, 2.05) is 23.0 Å². The molecule has 2 aromatic heterocycles. The maximum absolute atomic E-state index is 5.45. The highest BCUT2D eigenvalue weighted by atomic mass is 16.5. The second-order valence-electron chi connectivity index (χ2n) is 5.49. The van der Waals surface area contributed by atoms with Gasteiger partial charge in [-0.05, 0) is 19.3 Å². The van der Waals surface area contributed by atoms with Crippen LogP contribution < -0.4 is 10.2 Å². The van der Waals surface area contributed by atoms with E-state index in [1.165, 1.54) is 0 Å². The second-order valence-corrected chi connectivity index (χ2v) is 5.49. The van der Waals surface area contributed by atoms with Crippen LogP contribution in [0.5, 0.6) is 0 Å². The zero-order valence-corrected chi connectivity index (χ0v) is 12.7. The molecule has 3 heterocycles. The molecule has 0 atom stereocenters. The Bertz CT molecular complexity index is 591. The zero-order chi connectivity index (χ0) is 14.7. The molecular weight excluding hydrogens is 266 g/mol. The largest absolute Gasteiger partial charge is 0.381 e. The first-order valence-corrected chi connectivity index (χ1v) is 7.67. The molecule has 0 bridgehead atoms. The van der Waals surface area contributed by atoms with Gasteiger partial charge in [0.15, 0.2) is 11.5 Å². The molecule has 2 aromatic rings. The van der Waals surface area contributed by atoms with Crippen LogP contribution in [0, 0.1) is 0 Å². The molecule has 0 amide bonds. The minimum atomic E-state index is 0.466. The lowest BCUT2D eigenvalue weighted by atomic mass is 10.1. The Labute approximate surface area is 125 Å². The molecule has 0 unspecified atom stereocenters. The summed E-state index contributed by atoms with van der Waals surface area (Å²) < 4.78 is 7.49. The number of fused-ring (bicyclic) bond motifs is 1. The van der Waals surface area contributed by atoms with Crippen molar-refractivity contribution in [1.82, 2.24) is 14.4 Å². The summed E-state index contributed by atoms with van der Waals surface area (Å²) in [6.07, 6.45) is 8.95. The Kier molecular flexibility index (Phi) is 4.24. The molecule has 0 aromatic carbocycles. The second kappa shape index (κ2) is 6.30. The molecule has 0 spiro atoms. The summed E-state index contributed by atoms with van der Waals surface area (Å²) in [6, 6.07) is 0.466. The Morgan fingerprint density at radius 2 is 2.24 bits per heavy atom. The average Bonchev–Trinajstić information content (AvgIpc) is 3.00. The van der Waals surface area contributed by atoms with Gasteiger partial charge in [-0.1, -0.05) is 6.92 Å². The fourth-order valence-electron chi connectivity index (χ4n) is 2.74. The lowest BCUT2D eigenvalue weighted by Crippen LogP contribution is -2.37. The normalized spacial score (nSPS) is 16.3. The maximum Gasteiger partial charge on any atom is 0.180 e. The Morgan fingerprint density at radius 1 is 1.43 bits per heavy atom. The minimum Gasteiger partial charge on any atom is -0.381 e. The number of aromatic nitrogens is 3. The third-order valence-corrected chi connectivity index (χ3v) is 3.99. The highest BCUT2D eigenvalue weighted by molar-refractivity contribution is 5.67. The molecule has 0 aliphatic carbocycles. The van der Waals surface area contributed by atoms with E-state index >= 15 is 0 Å². The third-order valence-electron chi connectivity index (χ3n) is 3.99. The van der Waals surface area contributed by atoms with Crippen molar-refractivity contribution in [2.24, 2.45) is 0 Å². The van der Waals surface area contributed by atoms with Crippen LogP contribution in [0.15, 0.2) is 18.6 Å². The smallest absolute Gasteiger partial charge is 0.180 e. The van der Waals surface area contributed by atoms with Crippen molar-refractivity contribution in [3.8, 4) is 0 Å². The van der Waals surface area contributed by atoms with Crippen LogP contribution in [0.4, 0.5) is 11.6 Å². The SMILES string of the molecule is CCCNc1cn2ccnc2c(N(C)C2CCOCC2)n1. The number of ether oxygens (including phenoxy) is 1. The van der Waals surface area contributed by atoms with Crippen LogP contribution in [0.2, 0.25) is 0 Å². The molecule has 0 saturated carbocycles. The first kappa shape index (κ1) is 14.1. The summed E-state index contributed by atoms with van der Waals surface area (Å²) in [6.45, 7) is 4.73. The molecule has 1 aliphatic rings. The van der Waals surface area contributed by atoms with Gasteiger partial charge in [-0.2, -0.15) is 0 Å². The van der Waals surface area contributed by atoms with E-state index in [2.05, 4.69) is 29.2 Å². The van der Waals surface area contributed by atoms with Crippen LogP contribution in [0.1, 0.15) is 26.2 Å². The first-order chi connectivity index (χ1) is 10.3. The van der Waals surface area contributed by atoms with Crippen molar-refractivity contribution in [2.75, 3.05) is 37.0 Å². The van der Waals surface area contributed by atoms with Crippen LogP contribution in [0.25, 0.3) is 5.65 Å². The van der Waals surface area contributed by atoms with Crippen LogP contribution in [-0.2, 0) is 4.74 Å². The van der Waals surface area contributed by atoms with Crippen LogP contribution in [-0.4, -0.2) is 47.2 Å². The highest BCUT2D eigenvalue weighted by Crippen LogP contribution is 2.24. The first-order valence-electron chi connectivity index (χ1n) is 7.67. The van der Waals surface area contributed by atoms with Crippen molar-refractivity contribution in [3.63, 3.8) is 0 Å². The van der Waals surface area contributed by atoms with Crippen LogP contribution >= 0.6 is 0 Å². The number of imidazole rings is 1. The molecule has 1 fully saturated rings. The van der Waals surface area contributed by atoms with Gasteiger partial charge < -0.3 is 19.4 Å². The van der Waals surface area contributed by atoms with Crippen LogP contribution in [0.3, 0.4) is 0 Å². The van der Waals surface area contributed by atoms with Crippen molar-refractivity contribution >= 4 is 17.3 Å². The average molecular weight is 289 g/mol. The molecule has 114 valence electrons. The quantitative estimate of drug-likeness (QED) is 0.914. The molecule has 0 radical (unpaired) electrons. The van der Waals surface area contributed by atoms with E-state index in [1.54, 1.807) is 0 Å². The summed E-state index contributed by atoms with van der Waals surface area (Å²) in [7, 11) is 2.11. The fraction of sp³-hybridized carbons (Fsp3) is 0.600. The Morgan fingerprint density at radius 3 is 3.00 bits per heavy atom. The molecule has 6 nitrogen and oxygen atoms in total. The van der Waals surface area contributed by atoms with E-state index < -0.39 is 0 Å². The molecular formula is C15H23N5O. The summed E-state index contributed by atoms with van der Waals surface area (Å²) in [5.41, 5.74) is 0.908. The zero-order valence-electron chi connectivity index (χ0n) is 12.7. The standard InChI is InChI=1S/C15H23N5O/c1-3-6-16-13-11-20-8-7-17-14(20)15(18-13)19(2)12-4-9-21-10-5-12/h7-8,11-12,16H,3-6,9-10H2,1-2H3. The number of nitrogens with one attached hydrogen (secondary N) is 1. The highest BCUT2D eigenvalue weighted by Gasteiger charge is 2.22. The molecule has 3 rings (SSSR count). The molecule has 6 heteroatoms. The summed E-state index contributed by atoms with van der Waals surface area (Å²) >= 11 is 0. The minimum absolute atomic E-state index is 0.466. The number of anilines is 2. The van der Waals surface area contributed by atoms with Gasteiger partial charge in [0, 0.05) is 45.2 Å². The van der Waals surface area contributed by atoms with Gasteiger partial charge in [0.25, 0.3) is 0 Å². The van der Waals surface area contributed by atoms with Gasteiger partial charge in [0.1, 0.15) is 5.82 Å². The molecule has 1 saturated heterocycles. The van der Waals surface area contributed by atoms with Gasteiger partial charge in [0.2, 0.25) is 0 Å². The van der Waals surface area contributed by atoms with E-state index in [0.29, 0.717) is 6.04 Å². The van der Waals surface area contributed by atoms with E-state index in [0.717, 1.165) is 56.3 Å². The summed E-state index contributed by atoms with van der Waals surface area (Å²) in [4.78, 5) is 11.5. The van der Waals surface area contributed by atoms with Gasteiger partial charge >= 0.3 is 0 Å². The summed E-state index contributed by atoms with van der Waals surface area (Å²) in [5, 5.41) is 3.36. The van der Waals surface area contributed by atoms with Crippen molar-refractivity contribution in [3.05, 3.63) is 18.6 Å². The number of nitrogens with zero attached hydrogens (tertiary/aromatic N) is 4. The molecule has 21 heavy (non-hydrogen) atoms. The monoisotopic (exact) mass is 289 g/mol. The Balaban J connectivity index is 1.92. The van der Waals surface area contributed by atoms with E-state index in [-0.39, 0.29) is 0 Å².